The maximum atomic E-state index is 11.9. The maximum Gasteiger partial charge on any atom is 0.155 e. The van der Waals surface area contributed by atoms with E-state index in [2.05, 4.69) is 0 Å². The zero-order valence-corrected chi connectivity index (χ0v) is 11.4. The second-order valence-electron chi connectivity index (χ2n) is 5.91. The average molecular weight is 248 g/mol. The lowest BCUT2D eigenvalue weighted by molar-refractivity contribution is 0.100. The molecule has 0 saturated heterocycles. The molecule has 0 spiro atoms. The molecule has 2 atom stereocenters. The van der Waals surface area contributed by atoms with Crippen LogP contribution in [0.2, 0.25) is 0 Å². The molecule has 96 valence electrons. The summed E-state index contributed by atoms with van der Waals surface area (Å²) in [7, 11) is -3.00. The van der Waals surface area contributed by atoms with Crippen molar-refractivity contribution in [2.24, 2.45) is 5.92 Å². The van der Waals surface area contributed by atoms with Gasteiger partial charge in [-0.15, -0.1) is 0 Å². The van der Waals surface area contributed by atoms with Crippen LogP contribution in [0.25, 0.3) is 0 Å². The summed E-state index contributed by atoms with van der Waals surface area (Å²) in [6.45, 7) is 5.24. The van der Waals surface area contributed by atoms with Gasteiger partial charge in [-0.05, 0) is 46.0 Å². The van der Waals surface area contributed by atoms with Crippen molar-refractivity contribution in [3.8, 4) is 0 Å². The first-order chi connectivity index (χ1) is 7.22. The van der Waals surface area contributed by atoms with Crippen LogP contribution in [0.3, 0.4) is 0 Å². The van der Waals surface area contributed by atoms with Crippen molar-refractivity contribution in [2.75, 3.05) is 5.75 Å². The van der Waals surface area contributed by atoms with Gasteiger partial charge in [-0.25, -0.2) is 8.42 Å². The molecule has 1 aliphatic rings. The van der Waals surface area contributed by atoms with Gasteiger partial charge in [0.1, 0.15) is 0 Å². The van der Waals surface area contributed by atoms with Crippen LogP contribution < -0.4 is 0 Å². The highest BCUT2D eigenvalue weighted by Gasteiger charge is 2.30. The molecule has 0 aromatic heterocycles. The van der Waals surface area contributed by atoms with Gasteiger partial charge >= 0.3 is 0 Å². The standard InChI is InChI=1S/C12H24O3S/c1-12(2,3)16(14,15)8-7-10-5-4-6-11(13)9-10/h10-11,13H,4-9H2,1-3H3. The van der Waals surface area contributed by atoms with Crippen molar-refractivity contribution in [1.82, 2.24) is 0 Å². The van der Waals surface area contributed by atoms with Crippen molar-refractivity contribution < 1.29 is 13.5 Å². The van der Waals surface area contributed by atoms with E-state index in [1.54, 1.807) is 20.8 Å². The minimum Gasteiger partial charge on any atom is -0.393 e. The molecule has 1 fully saturated rings. The van der Waals surface area contributed by atoms with Gasteiger partial charge in [-0.1, -0.05) is 12.8 Å². The summed E-state index contributed by atoms with van der Waals surface area (Å²) in [6, 6.07) is 0. The van der Waals surface area contributed by atoms with E-state index >= 15 is 0 Å². The van der Waals surface area contributed by atoms with Crippen molar-refractivity contribution in [3.05, 3.63) is 0 Å². The van der Waals surface area contributed by atoms with E-state index in [4.69, 9.17) is 0 Å². The fourth-order valence-electron chi connectivity index (χ4n) is 2.15. The highest BCUT2D eigenvalue weighted by Crippen LogP contribution is 2.28. The predicted molar refractivity (Wildman–Crippen MR) is 66.1 cm³/mol. The largest absolute Gasteiger partial charge is 0.393 e. The number of hydrogen-bond acceptors (Lipinski definition) is 3. The molecule has 1 saturated carbocycles. The van der Waals surface area contributed by atoms with Crippen LogP contribution in [-0.2, 0) is 9.84 Å². The van der Waals surface area contributed by atoms with Crippen LogP contribution in [0.1, 0.15) is 52.9 Å². The van der Waals surface area contributed by atoms with Gasteiger partial charge in [0.05, 0.1) is 16.6 Å². The molecule has 4 heteroatoms. The second-order valence-corrected chi connectivity index (χ2v) is 8.77. The summed E-state index contributed by atoms with van der Waals surface area (Å²) in [4.78, 5) is 0. The minimum atomic E-state index is -3.00. The van der Waals surface area contributed by atoms with Crippen LogP contribution in [0, 0.1) is 5.92 Å². The van der Waals surface area contributed by atoms with Gasteiger partial charge in [0.15, 0.2) is 9.84 Å². The summed E-state index contributed by atoms with van der Waals surface area (Å²) < 4.78 is 23.2. The molecule has 1 rings (SSSR count). The summed E-state index contributed by atoms with van der Waals surface area (Å²) in [5.41, 5.74) is 0. The van der Waals surface area contributed by atoms with Gasteiger partial charge in [0, 0.05) is 0 Å². The summed E-state index contributed by atoms with van der Waals surface area (Å²) in [6.07, 6.45) is 4.24. The molecule has 3 nitrogen and oxygen atoms in total. The Morgan fingerprint density at radius 3 is 2.38 bits per heavy atom. The Kier molecular flexibility index (Phi) is 4.41. The van der Waals surface area contributed by atoms with Crippen LogP contribution in [0.15, 0.2) is 0 Å². The van der Waals surface area contributed by atoms with E-state index in [-0.39, 0.29) is 11.9 Å². The molecule has 0 radical (unpaired) electrons. The highest BCUT2D eigenvalue weighted by molar-refractivity contribution is 7.92. The van der Waals surface area contributed by atoms with E-state index in [0.717, 1.165) is 25.7 Å². The normalized spacial score (nSPS) is 28.0. The van der Waals surface area contributed by atoms with E-state index in [0.29, 0.717) is 12.3 Å². The van der Waals surface area contributed by atoms with Crippen LogP contribution in [-0.4, -0.2) is 30.1 Å². The Morgan fingerprint density at radius 2 is 1.88 bits per heavy atom. The van der Waals surface area contributed by atoms with Crippen molar-refractivity contribution in [3.63, 3.8) is 0 Å². The summed E-state index contributed by atoms with van der Waals surface area (Å²) in [5.74, 6) is 0.648. The molecule has 16 heavy (non-hydrogen) atoms. The number of aliphatic hydroxyl groups is 1. The molecule has 0 aliphatic heterocycles. The van der Waals surface area contributed by atoms with Crippen LogP contribution >= 0.6 is 0 Å². The Balaban J connectivity index is 2.46. The maximum absolute atomic E-state index is 11.9. The SMILES string of the molecule is CC(C)(C)S(=O)(=O)CCC1CCCC(O)C1. The van der Waals surface area contributed by atoms with Crippen molar-refractivity contribution in [1.29, 1.82) is 0 Å². The summed E-state index contributed by atoms with van der Waals surface area (Å²) in [5, 5.41) is 9.52. The van der Waals surface area contributed by atoms with Gasteiger partial charge in [0.25, 0.3) is 0 Å². The zero-order valence-electron chi connectivity index (χ0n) is 10.6. The molecule has 0 amide bonds. The Labute approximate surface area is 99.2 Å². The van der Waals surface area contributed by atoms with E-state index in [1.165, 1.54) is 0 Å². The van der Waals surface area contributed by atoms with Crippen LogP contribution in [0.4, 0.5) is 0 Å². The summed E-state index contributed by atoms with van der Waals surface area (Å²) >= 11 is 0. The molecule has 0 bridgehead atoms. The minimum absolute atomic E-state index is 0.212. The molecule has 1 N–H and O–H groups in total. The third kappa shape index (κ3) is 3.74. The molecule has 1 aliphatic carbocycles. The quantitative estimate of drug-likeness (QED) is 0.832. The number of sulfone groups is 1. The fourth-order valence-corrected chi connectivity index (χ4v) is 3.41. The number of rotatable bonds is 3. The molecular weight excluding hydrogens is 224 g/mol. The number of aliphatic hydroxyl groups excluding tert-OH is 1. The Bertz CT molecular complexity index is 314. The Morgan fingerprint density at radius 1 is 1.25 bits per heavy atom. The van der Waals surface area contributed by atoms with E-state index in [1.807, 2.05) is 0 Å². The highest BCUT2D eigenvalue weighted by atomic mass is 32.2. The molecule has 2 unspecified atom stereocenters. The van der Waals surface area contributed by atoms with E-state index < -0.39 is 14.6 Å². The van der Waals surface area contributed by atoms with Crippen molar-refractivity contribution in [2.45, 2.75) is 63.7 Å². The molecule has 0 aromatic carbocycles. The molecular formula is C12H24O3S. The number of hydrogen-bond donors (Lipinski definition) is 1. The van der Waals surface area contributed by atoms with Gasteiger partial charge in [-0.2, -0.15) is 0 Å². The monoisotopic (exact) mass is 248 g/mol. The molecule has 0 heterocycles. The topological polar surface area (TPSA) is 54.4 Å². The van der Waals surface area contributed by atoms with Crippen LogP contribution in [0.5, 0.6) is 0 Å². The predicted octanol–water partition coefficient (Wildman–Crippen LogP) is 2.14. The first kappa shape index (κ1) is 14.0. The zero-order chi connectivity index (χ0) is 12.4. The lowest BCUT2D eigenvalue weighted by Crippen LogP contribution is -2.32. The smallest absolute Gasteiger partial charge is 0.155 e. The van der Waals surface area contributed by atoms with Gasteiger partial charge < -0.3 is 5.11 Å². The fraction of sp³-hybridized carbons (Fsp3) is 1.00. The van der Waals surface area contributed by atoms with Gasteiger partial charge in [0.2, 0.25) is 0 Å². The third-order valence-corrected chi connectivity index (χ3v) is 6.12. The Hall–Kier alpha value is -0.0900. The van der Waals surface area contributed by atoms with E-state index in [9.17, 15) is 13.5 Å². The first-order valence-electron chi connectivity index (χ1n) is 6.13. The first-order valence-corrected chi connectivity index (χ1v) is 7.78. The average Bonchev–Trinajstić information content (AvgIpc) is 2.13. The lowest BCUT2D eigenvalue weighted by Gasteiger charge is -2.27. The van der Waals surface area contributed by atoms with Gasteiger partial charge in [-0.3, -0.25) is 0 Å². The third-order valence-electron chi connectivity index (χ3n) is 3.48. The lowest BCUT2D eigenvalue weighted by atomic mass is 9.86. The second kappa shape index (κ2) is 5.05. The molecule has 0 aromatic rings. The van der Waals surface area contributed by atoms with Crippen molar-refractivity contribution >= 4 is 9.84 Å².